The number of amides is 3. The number of aromatic nitrogens is 2. The summed E-state index contributed by atoms with van der Waals surface area (Å²) < 4.78 is 1.78. The van der Waals surface area contributed by atoms with Crippen molar-refractivity contribution in [2.24, 2.45) is 18.9 Å². The monoisotopic (exact) mass is 465 g/mol. The van der Waals surface area contributed by atoms with Crippen LogP contribution in [-0.2, 0) is 29.6 Å². The van der Waals surface area contributed by atoms with Crippen molar-refractivity contribution in [1.82, 2.24) is 19.6 Å². The molecular weight excluding hydrogens is 430 g/mol. The summed E-state index contributed by atoms with van der Waals surface area (Å²) in [6.07, 6.45) is 2.71. The SMILES string of the molecule is Cc1ccccc1NC(=O)[C@@H]1CCCN(C(=O)c2nn(C)c3c2CN(C(=O)CC(C)C)CC3)C1. The topological polar surface area (TPSA) is 87.5 Å². The average Bonchev–Trinajstić information content (AvgIpc) is 3.15. The van der Waals surface area contributed by atoms with E-state index in [0.29, 0.717) is 50.6 Å². The number of carbonyl (C=O) groups excluding carboxylic acids is 3. The number of piperidine rings is 1. The van der Waals surface area contributed by atoms with Gasteiger partial charge in [0.15, 0.2) is 5.69 Å². The third kappa shape index (κ3) is 5.00. The molecule has 8 heteroatoms. The van der Waals surface area contributed by atoms with Gasteiger partial charge in [0.1, 0.15) is 0 Å². The molecule has 1 aromatic carbocycles. The summed E-state index contributed by atoms with van der Waals surface area (Å²) in [5.74, 6) is -0.0570. The van der Waals surface area contributed by atoms with Crippen LogP contribution in [0, 0.1) is 18.8 Å². The fourth-order valence-electron chi connectivity index (χ4n) is 4.93. The summed E-state index contributed by atoms with van der Waals surface area (Å²) in [5, 5.41) is 7.58. The normalized spacial score (nSPS) is 18.1. The number of hydrogen-bond acceptors (Lipinski definition) is 4. The Morgan fingerprint density at radius 1 is 1.15 bits per heavy atom. The van der Waals surface area contributed by atoms with Crippen molar-refractivity contribution >= 4 is 23.4 Å². The number of aryl methyl sites for hydroxylation is 2. The first-order valence-corrected chi connectivity index (χ1v) is 12.2. The van der Waals surface area contributed by atoms with E-state index in [2.05, 4.69) is 10.4 Å². The van der Waals surface area contributed by atoms with Gasteiger partial charge in [0.25, 0.3) is 5.91 Å². The summed E-state index contributed by atoms with van der Waals surface area (Å²) in [6, 6.07) is 7.70. The lowest BCUT2D eigenvalue weighted by atomic mass is 9.96. The lowest BCUT2D eigenvalue weighted by molar-refractivity contribution is -0.133. The predicted molar refractivity (Wildman–Crippen MR) is 130 cm³/mol. The molecule has 2 aliphatic heterocycles. The second-order valence-corrected chi connectivity index (χ2v) is 9.96. The minimum atomic E-state index is -0.263. The molecule has 0 bridgehead atoms. The molecule has 1 fully saturated rings. The maximum Gasteiger partial charge on any atom is 0.274 e. The number of likely N-dealkylation sites (tertiary alicyclic amines) is 1. The van der Waals surface area contributed by atoms with Gasteiger partial charge >= 0.3 is 0 Å². The number of nitrogens with one attached hydrogen (secondary N) is 1. The number of benzene rings is 1. The summed E-state index contributed by atoms with van der Waals surface area (Å²) in [6.45, 7) is 8.08. The molecule has 0 unspecified atom stereocenters. The first-order chi connectivity index (χ1) is 16.2. The fourth-order valence-corrected chi connectivity index (χ4v) is 4.93. The van der Waals surface area contributed by atoms with Crippen molar-refractivity contribution in [3.05, 3.63) is 46.8 Å². The Bertz CT molecular complexity index is 1090. The van der Waals surface area contributed by atoms with Crippen LogP contribution in [0.2, 0.25) is 0 Å². The van der Waals surface area contributed by atoms with E-state index in [9.17, 15) is 14.4 Å². The third-order valence-electron chi connectivity index (χ3n) is 6.86. The standard InChI is InChI=1S/C26H35N5O3/c1-17(2)14-23(32)30-13-11-22-20(16-30)24(28-29(22)4)26(34)31-12-7-9-19(15-31)25(33)27-21-10-6-5-8-18(21)3/h5-6,8,10,17,19H,7,9,11-16H2,1-4H3,(H,27,33)/t19-/m1/s1. The molecule has 1 saturated heterocycles. The summed E-state index contributed by atoms with van der Waals surface area (Å²) in [7, 11) is 1.86. The van der Waals surface area contributed by atoms with Gasteiger partial charge in [0, 0.05) is 63.0 Å². The number of carbonyl (C=O) groups is 3. The Morgan fingerprint density at radius 2 is 1.91 bits per heavy atom. The van der Waals surface area contributed by atoms with E-state index >= 15 is 0 Å². The van der Waals surface area contributed by atoms with Crippen LogP contribution in [0.15, 0.2) is 24.3 Å². The Balaban J connectivity index is 1.47. The largest absolute Gasteiger partial charge is 0.338 e. The van der Waals surface area contributed by atoms with E-state index in [1.165, 1.54) is 0 Å². The average molecular weight is 466 g/mol. The highest BCUT2D eigenvalue weighted by molar-refractivity contribution is 5.96. The molecule has 4 rings (SSSR count). The van der Waals surface area contributed by atoms with E-state index < -0.39 is 0 Å². The van der Waals surface area contributed by atoms with Gasteiger partial charge in [-0.25, -0.2) is 0 Å². The minimum absolute atomic E-state index is 0.0553. The zero-order valence-corrected chi connectivity index (χ0v) is 20.6. The number of hydrogen-bond donors (Lipinski definition) is 1. The Morgan fingerprint density at radius 3 is 2.65 bits per heavy atom. The maximum atomic E-state index is 13.5. The molecule has 0 radical (unpaired) electrons. The quantitative estimate of drug-likeness (QED) is 0.735. The van der Waals surface area contributed by atoms with Gasteiger partial charge in [-0.3, -0.25) is 19.1 Å². The van der Waals surface area contributed by atoms with Gasteiger partial charge in [-0.2, -0.15) is 5.10 Å². The van der Waals surface area contributed by atoms with Gasteiger partial charge in [0.2, 0.25) is 11.8 Å². The van der Waals surface area contributed by atoms with Crippen LogP contribution in [-0.4, -0.2) is 56.9 Å². The first-order valence-electron chi connectivity index (χ1n) is 12.2. The lowest BCUT2D eigenvalue weighted by Crippen LogP contribution is -2.44. The highest BCUT2D eigenvalue weighted by Crippen LogP contribution is 2.27. The van der Waals surface area contributed by atoms with Gasteiger partial charge < -0.3 is 15.1 Å². The van der Waals surface area contributed by atoms with E-state index in [-0.39, 0.29) is 23.6 Å². The predicted octanol–water partition coefficient (Wildman–Crippen LogP) is 3.15. The molecule has 0 spiro atoms. The number of nitrogens with zero attached hydrogens (tertiary/aromatic N) is 4. The van der Waals surface area contributed by atoms with E-state index in [1.54, 1.807) is 9.58 Å². The highest BCUT2D eigenvalue weighted by atomic mass is 16.2. The smallest absolute Gasteiger partial charge is 0.274 e. The van der Waals surface area contributed by atoms with Crippen LogP contribution in [0.25, 0.3) is 0 Å². The zero-order chi connectivity index (χ0) is 24.4. The summed E-state index contributed by atoms with van der Waals surface area (Å²) in [5.41, 5.74) is 4.10. The molecule has 34 heavy (non-hydrogen) atoms. The molecule has 1 atom stereocenters. The van der Waals surface area contributed by atoms with Crippen molar-refractivity contribution < 1.29 is 14.4 Å². The van der Waals surface area contributed by atoms with Gasteiger partial charge in [-0.15, -0.1) is 0 Å². The summed E-state index contributed by atoms with van der Waals surface area (Å²) in [4.78, 5) is 42.7. The van der Waals surface area contributed by atoms with E-state index in [0.717, 1.165) is 35.3 Å². The molecule has 1 aromatic heterocycles. The number of fused-ring (bicyclic) bond motifs is 1. The molecule has 8 nitrogen and oxygen atoms in total. The van der Waals surface area contributed by atoms with Crippen LogP contribution in [0.3, 0.4) is 0 Å². The fraction of sp³-hybridized carbons (Fsp3) is 0.538. The zero-order valence-electron chi connectivity index (χ0n) is 20.6. The molecule has 0 saturated carbocycles. The number of anilines is 1. The van der Waals surface area contributed by atoms with Crippen LogP contribution in [0.5, 0.6) is 0 Å². The van der Waals surface area contributed by atoms with Crippen molar-refractivity contribution in [2.75, 3.05) is 25.0 Å². The van der Waals surface area contributed by atoms with Crippen LogP contribution in [0.1, 0.15) is 60.4 Å². The summed E-state index contributed by atoms with van der Waals surface area (Å²) >= 11 is 0. The van der Waals surface area contributed by atoms with Crippen LogP contribution >= 0.6 is 0 Å². The highest BCUT2D eigenvalue weighted by Gasteiger charge is 2.34. The minimum Gasteiger partial charge on any atom is -0.338 e. The first kappa shape index (κ1) is 24.0. The molecule has 0 aliphatic carbocycles. The second-order valence-electron chi connectivity index (χ2n) is 9.96. The van der Waals surface area contributed by atoms with Crippen molar-refractivity contribution in [2.45, 2.75) is 53.0 Å². The van der Waals surface area contributed by atoms with E-state index in [1.807, 2.05) is 57.0 Å². The molecule has 3 heterocycles. The Hall–Kier alpha value is -3.16. The van der Waals surface area contributed by atoms with Gasteiger partial charge in [0.05, 0.1) is 5.92 Å². The molecular formula is C26H35N5O3. The lowest BCUT2D eigenvalue weighted by Gasteiger charge is -2.32. The van der Waals surface area contributed by atoms with Crippen LogP contribution < -0.4 is 5.32 Å². The maximum absolute atomic E-state index is 13.5. The third-order valence-corrected chi connectivity index (χ3v) is 6.86. The molecule has 182 valence electrons. The van der Waals surface area contributed by atoms with Crippen LogP contribution in [0.4, 0.5) is 5.69 Å². The molecule has 1 N–H and O–H groups in total. The van der Waals surface area contributed by atoms with Crippen molar-refractivity contribution in [1.29, 1.82) is 0 Å². The number of rotatable bonds is 5. The van der Waals surface area contributed by atoms with Gasteiger partial charge in [-0.1, -0.05) is 32.0 Å². The second kappa shape index (κ2) is 9.99. The molecule has 2 aromatic rings. The Kier molecular flexibility index (Phi) is 7.05. The number of para-hydroxylation sites is 1. The van der Waals surface area contributed by atoms with Crippen molar-refractivity contribution in [3.8, 4) is 0 Å². The van der Waals surface area contributed by atoms with Gasteiger partial charge in [-0.05, 0) is 37.3 Å². The van der Waals surface area contributed by atoms with E-state index in [4.69, 9.17) is 0 Å². The van der Waals surface area contributed by atoms with Crippen molar-refractivity contribution in [3.63, 3.8) is 0 Å². The Labute approximate surface area is 201 Å². The molecule has 3 amide bonds. The molecule has 2 aliphatic rings.